The molecule has 5 nitrogen and oxygen atoms in total. The molecular weight excluding hydrogens is 395 g/mol. The molecule has 1 saturated heterocycles. The molecule has 3 rings (SSSR count). The minimum Gasteiger partial charge on any atom is -0.379 e. The maximum absolute atomic E-state index is 12.9. The van der Waals surface area contributed by atoms with Crippen LogP contribution in [-0.4, -0.2) is 57.8 Å². The predicted molar refractivity (Wildman–Crippen MR) is 110 cm³/mol. The Kier molecular flexibility index (Phi) is 6.99. The fourth-order valence-corrected chi connectivity index (χ4v) is 3.47. The molecule has 0 saturated carbocycles. The second-order valence-electron chi connectivity index (χ2n) is 7.44. The molecule has 1 amide bonds. The highest BCUT2D eigenvalue weighted by atomic mass is 19.4. The zero-order valence-corrected chi connectivity index (χ0v) is 17.1. The van der Waals surface area contributed by atoms with Gasteiger partial charge in [0.2, 0.25) is 0 Å². The average Bonchev–Trinajstić information content (AvgIpc) is 2.74. The van der Waals surface area contributed by atoms with Crippen LogP contribution >= 0.6 is 0 Å². The number of nitrogens with one attached hydrogen (secondary N) is 1. The largest absolute Gasteiger partial charge is 0.416 e. The standard InChI is InChI=1S/C22H26F3N3O2/c1-27(2)19-8-6-16(7-9-19)20(28-10-12-30-13-11-28)15-26-21(29)17-4-3-5-18(14-17)22(23,24)25/h3-9,14,20H,10-13,15H2,1-2H3,(H,26,29)/t20-/m1/s1. The number of rotatable bonds is 6. The third-order valence-corrected chi connectivity index (χ3v) is 5.19. The van der Waals surface area contributed by atoms with E-state index in [0.29, 0.717) is 13.2 Å². The number of anilines is 1. The molecule has 1 heterocycles. The lowest BCUT2D eigenvalue weighted by atomic mass is 10.0. The zero-order valence-electron chi connectivity index (χ0n) is 17.1. The molecule has 1 atom stereocenters. The van der Waals surface area contributed by atoms with Crippen molar-refractivity contribution in [3.8, 4) is 0 Å². The predicted octanol–water partition coefficient (Wildman–Crippen LogP) is 3.57. The first kappa shape index (κ1) is 22.1. The number of benzene rings is 2. The van der Waals surface area contributed by atoms with Crippen LogP contribution in [0.4, 0.5) is 18.9 Å². The van der Waals surface area contributed by atoms with Crippen LogP contribution in [0.5, 0.6) is 0 Å². The van der Waals surface area contributed by atoms with Gasteiger partial charge in [-0.1, -0.05) is 18.2 Å². The van der Waals surface area contributed by atoms with Crippen LogP contribution in [0.3, 0.4) is 0 Å². The monoisotopic (exact) mass is 421 g/mol. The molecule has 8 heteroatoms. The summed E-state index contributed by atoms with van der Waals surface area (Å²) in [4.78, 5) is 16.8. The van der Waals surface area contributed by atoms with Crippen LogP contribution in [0.1, 0.15) is 27.5 Å². The average molecular weight is 421 g/mol. The lowest BCUT2D eigenvalue weighted by molar-refractivity contribution is -0.137. The fourth-order valence-electron chi connectivity index (χ4n) is 3.47. The van der Waals surface area contributed by atoms with Crippen molar-refractivity contribution in [1.29, 1.82) is 0 Å². The van der Waals surface area contributed by atoms with Crippen molar-refractivity contribution < 1.29 is 22.7 Å². The molecule has 2 aromatic rings. The molecule has 1 fully saturated rings. The number of amides is 1. The van der Waals surface area contributed by atoms with E-state index >= 15 is 0 Å². The second kappa shape index (κ2) is 9.49. The summed E-state index contributed by atoms with van der Waals surface area (Å²) in [5.41, 5.74) is 1.26. The molecule has 0 aliphatic carbocycles. The van der Waals surface area contributed by atoms with Gasteiger partial charge in [0.15, 0.2) is 0 Å². The third-order valence-electron chi connectivity index (χ3n) is 5.19. The molecule has 2 aromatic carbocycles. The van der Waals surface area contributed by atoms with Gasteiger partial charge >= 0.3 is 6.18 Å². The molecule has 162 valence electrons. The number of hydrogen-bond donors (Lipinski definition) is 1. The normalized spacial score (nSPS) is 16.2. The second-order valence-corrected chi connectivity index (χ2v) is 7.44. The van der Waals surface area contributed by atoms with Gasteiger partial charge in [-0.15, -0.1) is 0 Å². The van der Waals surface area contributed by atoms with Gasteiger partial charge in [-0.25, -0.2) is 0 Å². The van der Waals surface area contributed by atoms with E-state index in [1.54, 1.807) is 0 Å². The van der Waals surface area contributed by atoms with Gasteiger partial charge in [0.25, 0.3) is 5.91 Å². The van der Waals surface area contributed by atoms with E-state index in [-0.39, 0.29) is 18.2 Å². The number of carbonyl (C=O) groups excluding carboxylic acids is 1. The minimum absolute atomic E-state index is 0.00601. The van der Waals surface area contributed by atoms with Gasteiger partial charge in [0.05, 0.1) is 24.8 Å². The Morgan fingerprint density at radius 1 is 1.13 bits per heavy atom. The van der Waals surface area contributed by atoms with E-state index in [0.717, 1.165) is 36.5 Å². The maximum atomic E-state index is 12.9. The van der Waals surface area contributed by atoms with Crippen molar-refractivity contribution in [1.82, 2.24) is 10.2 Å². The van der Waals surface area contributed by atoms with E-state index in [2.05, 4.69) is 10.2 Å². The Labute approximate surface area is 174 Å². The van der Waals surface area contributed by atoms with E-state index < -0.39 is 17.6 Å². The topological polar surface area (TPSA) is 44.8 Å². The van der Waals surface area contributed by atoms with Crippen LogP contribution in [0.15, 0.2) is 48.5 Å². The smallest absolute Gasteiger partial charge is 0.379 e. The van der Waals surface area contributed by atoms with Gasteiger partial charge in [-0.05, 0) is 35.9 Å². The van der Waals surface area contributed by atoms with Crippen LogP contribution in [0.25, 0.3) is 0 Å². The maximum Gasteiger partial charge on any atom is 0.416 e. The van der Waals surface area contributed by atoms with Gasteiger partial charge in [-0.3, -0.25) is 9.69 Å². The van der Waals surface area contributed by atoms with Crippen LogP contribution in [0, 0.1) is 0 Å². The highest BCUT2D eigenvalue weighted by Crippen LogP contribution is 2.29. The Balaban J connectivity index is 1.75. The van der Waals surface area contributed by atoms with E-state index in [1.165, 1.54) is 12.1 Å². The first-order valence-corrected chi connectivity index (χ1v) is 9.80. The highest BCUT2D eigenvalue weighted by molar-refractivity contribution is 5.94. The number of halogens is 3. The molecule has 30 heavy (non-hydrogen) atoms. The van der Waals surface area contributed by atoms with Crippen LogP contribution in [0.2, 0.25) is 0 Å². The number of carbonyl (C=O) groups is 1. The SMILES string of the molecule is CN(C)c1ccc([C@@H](CNC(=O)c2cccc(C(F)(F)F)c2)N2CCOCC2)cc1. The van der Waals surface area contributed by atoms with Gasteiger partial charge in [0, 0.05) is 45.0 Å². The number of hydrogen-bond acceptors (Lipinski definition) is 4. The summed E-state index contributed by atoms with van der Waals surface area (Å²) in [6, 6.07) is 12.4. The lowest BCUT2D eigenvalue weighted by Crippen LogP contribution is -2.43. The number of nitrogens with zero attached hydrogens (tertiary/aromatic N) is 2. The first-order chi connectivity index (χ1) is 14.3. The Bertz CT molecular complexity index is 847. The van der Waals surface area contributed by atoms with Crippen LogP contribution in [-0.2, 0) is 10.9 Å². The third kappa shape index (κ3) is 5.52. The summed E-state index contributed by atoms with van der Waals surface area (Å²) in [5.74, 6) is -0.524. The molecule has 1 aliphatic rings. The number of morpholine rings is 1. The molecule has 1 N–H and O–H groups in total. The van der Waals surface area contributed by atoms with Gasteiger partial charge in [-0.2, -0.15) is 13.2 Å². The van der Waals surface area contributed by atoms with Gasteiger partial charge in [0.1, 0.15) is 0 Å². The molecule has 0 bridgehead atoms. The Morgan fingerprint density at radius 2 is 1.80 bits per heavy atom. The van der Waals surface area contributed by atoms with E-state index in [1.807, 2.05) is 43.3 Å². The molecule has 0 spiro atoms. The minimum atomic E-state index is -4.49. The zero-order chi connectivity index (χ0) is 21.7. The molecule has 0 unspecified atom stereocenters. The summed E-state index contributed by atoms with van der Waals surface area (Å²) in [5, 5.41) is 2.81. The quantitative estimate of drug-likeness (QED) is 0.775. The molecular formula is C22H26F3N3O2. The summed E-state index contributed by atoms with van der Waals surface area (Å²) in [7, 11) is 3.92. The summed E-state index contributed by atoms with van der Waals surface area (Å²) in [6.07, 6.45) is -4.49. The Morgan fingerprint density at radius 3 is 2.40 bits per heavy atom. The number of ether oxygens (including phenoxy) is 1. The molecule has 0 radical (unpaired) electrons. The molecule has 1 aliphatic heterocycles. The highest BCUT2D eigenvalue weighted by Gasteiger charge is 2.31. The lowest BCUT2D eigenvalue weighted by Gasteiger charge is -2.35. The van der Waals surface area contributed by atoms with Crippen molar-refractivity contribution in [2.24, 2.45) is 0 Å². The summed E-state index contributed by atoms with van der Waals surface area (Å²) in [6.45, 7) is 2.94. The van der Waals surface area contributed by atoms with Crippen molar-refractivity contribution in [2.75, 3.05) is 51.8 Å². The van der Waals surface area contributed by atoms with Crippen molar-refractivity contribution >= 4 is 11.6 Å². The fraction of sp³-hybridized carbons (Fsp3) is 0.409. The van der Waals surface area contributed by atoms with Crippen molar-refractivity contribution in [2.45, 2.75) is 12.2 Å². The van der Waals surface area contributed by atoms with Crippen LogP contribution < -0.4 is 10.2 Å². The summed E-state index contributed by atoms with van der Waals surface area (Å²) < 4.78 is 44.3. The van der Waals surface area contributed by atoms with E-state index in [9.17, 15) is 18.0 Å². The first-order valence-electron chi connectivity index (χ1n) is 9.80. The van der Waals surface area contributed by atoms with Crippen molar-refractivity contribution in [3.63, 3.8) is 0 Å². The molecule has 0 aromatic heterocycles. The van der Waals surface area contributed by atoms with Crippen molar-refractivity contribution in [3.05, 3.63) is 65.2 Å². The Hall–Kier alpha value is -2.58. The summed E-state index contributed by atoms with van der Waals surface area (Å²) >= 11 is 0. The van der Waals surface area contributed by atoms with E-state index in [4.69, 9.17) is 4.74 Å². The van der Waals surface area contributed by atoms with Gasteiger partial charge < -0.3 is 15.0 Å². The number of alkyl halides is 3.